The van der Waals surface area contributed by atoms with E-state index in [4.69, 9.17) is 9.97 Å². The van der Waals surface area contributed by atoms with Crippen LogP contribution in [0.5, 0.6) is 0 Å². The zero-order chi connectivity index (χ0) is 15.6. The highest BCUT2D eigenvalue weighted by atomic mass is 15.2. The van der Waals surface area contributed by atoms with Crippen LogP contribution in [0.4, 0.5) is 11.6 Å². The maximum atomic E-state index is 4.89. The molecule has 0 bridgehead atoms. The molecule has 2 fully saturated rings. The lowest BCUT2D eigenvalue weighted by molar-refractivity contribution is 0.403. The molecule has 1 atom stereocenters. The molecule has 1 aliphatic carbocycles. The smallest absolute Gasteiger partial charge is 0.172 e. The summed E-state index contributed by atoms with van der Waals surface area (Å²) >= 11 is 0. The summed E-state index contributed by atoms with van der Waals surface area (Å²) in [6.45, 7) is 2.11. The highest BCUT2D eigenvalue weighted by Gasteiger charge is 2.25. The van der Waals surface area contributed by atoms with Crippen LogP contribution in [0.2, 0.25) is 0 Å². The van der Waals surface area contributed by atoms with E-state index in [1.807, 2.05) is 24.3 Å². The van der Waals surface area contributed by atoms with Crippen LogP contribution in [0.3, 0.4) is 0 Å². The first kappa shape index (κ1) is 14.7. The Morgan fingerprint density at radius 1 is 1.13 bits per heavy atom. The third-order valence-electron chi connectivity index (χ3n) is 4.74. The van der Waals surface area contributed by atoms with E-state index >= 15 is 0 Å². The molecule has 1 aromatic carbocycles. The van der Waals surface area contributed by atoms with Crippen molar-refractivity contribution in [2.75, 3.05) is 30.4 Å². The molecule has 0 spiro atoms. The number of likely N-dealkylation sites (N-methyl/N-ethyl adjacent to an activating group) is 1. The molecular formula is C18H25N5. The van der Waals surface area contributed by atoms with Crippen molar-refractivity contribution in [2.24, 2.45) is 0 Å². The summed E-state index contributed by atoms with van der Waals surface area (Å²) in [6.07, 6.45) is 6.34. The molecule has 0 radical (unpaired) electrons. The fourth-order valence-corrected chi connectivity index (χ4v) is 3.27. The van der Waals surface area contributed by atoms with Gasteiger partial charge in [0.05, 0.1) is 11.0 Å². The second-order valence-corrected chi connectivity index (χ2v) is 6.83. The number of para-hydroxylation sites is 2. The largest absolute Gasteiger partial charge is 0.364 e. The van der Waals surface area contributed by atoms with Gasteiger partial charge in [0, 0.05) is 25.7 Å². The number of piperidine rings is 1. The highest BCUT2D eigenvalue weighted by Crippen LogP contribution is 2.30. The highest BCUT2D eigenvalue weighted by molar-refractivity contribution is 5.80. The molecule has 23 heavy (non-hydrogen) atoms. The Balaban J connectivity index is 1.62. The minimum atomic E-state index is 0.552. The summed E-state index contributed by atoms with van der Waals surface area (Å²) in [5.74, 6) is 1.91. The van der Waals surface area contributed by atoms with Crippen molar-refractivity contribution in [1.29, 1.82) is 0 Å². The third kappa shape index (κ3) is 3.39. The maximum absolute atomic E-state index is 4.89. The summed E-state index contributed by atoms with van der Waals surface area (Å²) in [7, 11) is 2.13. The molecule has 0 unspecified atom stereocenters. The number of rotatable bonds is 5. The predicted octanol–water partition coefficient (Wildman–Crippen LogP) is 2.78. The molecule has 1 aliphatic heterocycles. The van der Waals surface area contributed by atoms with Crippen LogP contribution in [-0.2, 0) is 0 Å². The quantitative estimate of drug-likeness (QED) is 0.889. The van der Waals surface area contributed by atoms with Gasteiger partial charge < -0.3 is 15.5 Å². The topological polar surface area (TPSA) is 53.1 Å². The lowest BCUT2D eigenvalue weighted by atomic mass is 10.0. The first-order valence-electron chi connectivity index (χ1n) is 8.77. The maximum Gasteiger partial charge on any atom is 0.172 e. The second kappa shape index (κ2) is 6.32. The zero-order valence-electron chi connectivity index (χ0n) is 13.8. The van der Waals surface area contributed by atoms with E-state index in [9.17, 15) is 0 Å². The fourth-order valence-electron chi connectivity index (χ4n) is 3.27. The van der Waals surface area contributed by atoms with Crippen molar-refractivity contribution >= 4 is 22.7 Å². The van der Waals surface area contributed by atoms with Crippen molar-refractivity contribution in [3.05, 3.63) is 24.3 Å². The number of nitrogens with one attached hydrogen (secondary N) is 2. The molecule has 2 N–H and O–H groups in total. The van der Waals surface area contributed by atoms with E-state index in [0.717, 1.165) is 35.8 Å². The van der Waals surface area contributed by atoms with Gasteiger partial charge in [-0.25, -0.2) is 9.97 Å². The number of aromatic nitrogens is 2. The van der Waals surface area contributed by atoms with Crippen molar-refractivity contribution in [2.45, 2.75) is 44.2 Å². The van der Waals surface area contributed by atoms with Gasteiger partial charge in [-0.2, -0.15) is 0 Å². The Labute approximate surface area is 137 Å². The molecular weight excluding hydrogens is 286 g/mol. The molecule has 4 rings (SSSR count). The van der Waals surface area contributed by atoms with E-state index < -0.39 is 0 Å². The van der Waals surface area contributed by atoms with Crippen LogP contribution in [0, 0.1) is 0 Å². The molecule has 2 aromatic rings. The number of anilines is 2. The molecule has 2 heterocycles. The zero-order valence-corrected chi connectivity index (χ0v) is 13.8. The number of hydrogen-bond donors (Lipinski definition) is 2. The van der Waals surface area contributed by atoms with Crippen molar-refractivity contribution < 1.29 is 0 Å². The predicted molar refractivity (Wildman–Crippen MR) is 95.1 cm³/mol. The van der Waals surface area contributed by atoms with E-state index in [1.165, 1.54) is 32.1 Å². The first-order valence-corrected chi connectivity index (χ1v) is 8.77. The Hall–Kier alpha value is -1.88. The van der Waals surface area contributed by atoms with Crippen molar-refractivity contribution in [3.63, 3.8) is 0 Å². The lowest BCUT2D eigenvalue weighted by Gasteiger charge is -2.29. The molecule has 1 saturated carbocycles. The summed E-state index contributed by atoms with van der Waals surface area (Å²) in [4.78, 5) is 12.0. The number of fused-ring (bicyclic) bond motifs is 1. The van der Waals surface area contributed by atoms with Gasteiger partial charge in [-0.1, -0.05) is 18.6 Å². The summed E-state index contributed by atoms with van der Waals surface area (Å²) in [5.41, 5.74) is 1.93. The lowest BCUT2D eigenvalue weighted by Crippen LogP contribution is -2.42. The summed E-state index contributed by atoms with van der Waals surface area (Å²) < 4.78 is 0. The van der Waals surface area contributed by atoms with Gasteiger partial charge in [0.1, 0.15) is 0 Å². The molecule has 122 valence electrons. The van der Waals surface area contributed by atoms with Crippen LogP contribution in [0.1, 0.15) is 32.1 Å². The number of benzene rings is 1. The standard InChI is InChI=1S/C18H25N5/c1-23(12-14-6-4-5-11-19-14)18-17(20-13-9-10-13)21-15-7-2-3-8-16(15)22-18/h2-3,7-8,13-14,19H,4-6,9-12H2,1H3,(H,20,21)/t14-/m0/s1. The van der Waals surface area contributed by atoms with Crippen molar-refractivity contribution in [3.8, 4) is 0 Å². The summed E-state index contributed by atoms with van der Waals surface area (Å²) in [5, 5.41) is 7.18. The minimum Gasteiger partial charge on any atom is -0.364 e. The van der Waals surface area contributed by atoms with Crippen LogP contribution >= 0.6 is 0 Å². The Morgan fingerprint density at radius 2 is 1.91 bits per heavy atom. The van der Waals surface area contributed by atoms with Gasteiger partial charge >= 0.3 is 0 Å². The van der Waals surface area contributed by atoms with E-state index in [0.29, 0.717) is 12.1 Å². The van der Waals surface area contributed by atoms with Gasteiger partial charge in [-0.15, -0.1) is 0 Å². The minimum absolute atomic E-state index is 0.552. The fraction of sp³-hybridized carbons (Fsp3) is 0.556. The Kier molecular flexibility index (Phi) is 4.04. The molecule has 1 aromatic heterocycles. The van der Waals surface area contributed by atoms with Gasteiger partial charge in [-0.3, -0.25) is 0 Å². The third-order valence-corrected chi connectivity index (χ3v) is 4.74. The van der Waals surface area contributed by atoms with Gasteiger partial charge in [0.15, 0.2) is 11.6 Å². The molecule has 1 saturated heterocycles. The van der Waals surface area contributed by atoms with Crippen LogP contribution in [0.25, 0.3) is 11.0 Å². The second-order valence-electron chi connectivity index (χ2n) is 6.83. The monoisotopic (exact) mass is 311 g/mol. The Morgan fingerprint density at radius 3 is 2.61 bits per heavy atom. The molecule has 5 heteroatoms. The number of hydrogen-bond acceptors (Lipinski definition) is 5. The van der Waals surface area contributed by atoms with Gasteiger partial charge in [0.25, 0.3) is 0 Å². The average Bonchev–Trinajstić information content (AvgIpc) is 3.39. The molecule has 5 nitrogen and oxygen atoms in total. The van der Waals surface area contributed by atoms with E-state index in [2.05, 4.69) is 22.6 Å². The summed E-state index contributed by atoms with van der Waals surface area (Å²) in [6, 6.07) is 9.25. The molecule has 2 aliphatic rings. The van der Waals surface area contributed by atoms with Crippen LogP contribution in [-0.4, -0.2) is 42.2 Å². The first-order chi connectivity index (χ1) is 11.3. The van der Waals surface area contributed by atoms with Gasteiger partial charge in [-0.05, 0) is 44.4 Å². The SMILES string of the molecule is CN(C[C@@H]1CCCCN1)c1nc2ccccc2nc1NC1CC1. The average molecular weight is 311 g/mol. The van der Waals surface area contributed by atoms with Crippen molar-refractivity contribution in [1.82, 2.24) is 15.3 Å². The molecule has 0 amide bonds. The van der Waals surface area contributed by atoms with Gasteiger partial charge in [0.2, 0.25) is 0 Å². The van der Waals surface area contributed by atoms with Crippen LogP contribution in [0.15, 0.2) is 24.3 Å². The van der Waals surface area contributed by atoms with E-state index in [1.54, 1.807) is 0 Å². The normalized spacial score (nSPS) is 21.3. The number of nitrogens with zero attached hydrogens (tertiary/aromatic N) is 3. The van der Waals surface area contributed by atoms with Crippen LogP contribution < -0.4 is 15.5 Å². The van der Waals surface area contributed by atoms with E-state index in [-0.39, 0.29) is 0 Å². The Bertz CT molecular complexity index is 676.